The normalized spacial score (nSPS) is 16.9. The second kappa shape index (κ2) is 9.91. The van der Waals surface area contributed by atoms with E-state index in [-0.39, 0.29) is 30.8 Å². The predicted molar refractivity (Wildman–Crippen MR) is 113 cm³/mol. The molecule has 1 fully saturated rings. The number of ether oxygens (including phenoxy) is 1. The molecule has 0 aromatic heterocycles. The Morgan fingerprint density at radius 3 is 2.47 bits per heavy atom. The summed E-state index contributed by atoms with van der Waals surface area (Å²) >= 11 is 0. The second-order valence-electron chi connectivity index (χ2n) is 7.47. The molecule has 0 radical (unpaired) electrons. The summed E-state index contributed by atoms with van der Waals surface area (Å²) in [6, 6.07) is 15.9. The third-order valence-corrected chi connectivity index (χ3v) is 5.11. The lowest BCUT2D eigenvalue weighted by Gasteiger charge is -2.16. The molecule has 7 heteroatoms. The van der Waals surface area contributed by atoms with E-state index in [1.54, 1.807) is 31.4 Å². The largest absolute Gasteiger partial charge is 0.497 e. The molecule has 2 aromatic carbocycles. The van der Waals surface area contributed by atoms with Crippen LogP contribution in [0.4, 0.5) is 4.79 Å². The Hall–Kier alpha value is -3.35. The maximum atomic E-state index is 12.6. The van der Waals surface area contributed by atoms with Crippen LogP contribution in [-0.2, 0) is 22.6 Å². The van der Waals surface area contributed by atoms with Crippen LogP contribution >= 0.6 is 0 Å². The zero-order chi connectivity index (χ0) is 21.5. The van der Waals surface area contributed by atoms with E-state index in [4.69, 9.17) is 4.74 Å². The van der Waals surface area contributed by atoms with Gasteiger partial charge in [0.25, 0.3) is 5.91 Å². The molecule has 1 aliphatic heterocycles. The fourth-order valence-electron chi connectivity index (χ4n) is 3.40. The molecule has 0 bridgehead atoms. The average Bonchev–Trinajstić information content (AvgIpc) is 3.00. The van der Waals surface area contributed by atoms with Gasteiger partial charge in [-0.05, 0) is 43.0 Å². The number of hydrogen-bond donors (Lipinski definition) is 2. The van der Waals surface area contributed by atoms with Crippen molar-refractivity contribution in [2.75, 3.05) is 7.11 Å². The Kier molecular flexibility index (Phi) is 7.06. The summed E-state index contributed by atoms with van der Waals surface area (Å²) in [5, 5.41) is 5.53. The first kappa shape index (κ1) is 21.4. The first-order chi connectivity index (χ1) is 14.5. The maximum Gasteiger partial charge on any atom is 0.325 e. The van der Waals surface area contributed by atoms with Gasteiger partial charge in [-0.2, -0.15) is 0 Å². The standard InChI is InChI=1S/C23H27N3O4/c1-16(8-9-17-6-4-3-5-7-17)24-21(27)14-20-22(28)26(23(29)25-20)15-18-10-12-19(30-2)13-11-18/h3-7,10-13,16,20H,8-9,14-15H2,1-2H3,(H,24,27)(H,25,29). The Bertz CT molecular complexity index is 883. The number of hydrogen-bond acceptors (Lipinski definition) is 4. The van der Waals surface area contributed by atoms with E-state index in [0.29, 0.717) is 5.75 Å². The number of carbonyl (C=O) groups is 3. The Morgan fingerprint density at radius 2 is 1.80 bits per heavy atom. The predicted octanol–water partition coefficient (Wildman–Crippen LogP) is 2.64. The van der Waals surface area contributed by atoms with Gasteiger partial charge >= 0.3 is 6.03 Å². The van der Waals surface area contributed by atoms with E-state index in [9.17, 15) is 14.4 Å². The zero-order valence-electron chi connectivity index (χ0n) is 17.3. The number of aryl methyl sites for hydroxylation is 1. The molecule has 1 saturated heterocycles. The van der Waals surface area contributed by atoms with E-state index in [1.807, 2.05) is 25.1 Å². The number of nitrogens with zero attached hydrogens (tertiary/aromatic N) is 1. The monoisotopic (exact) mass is 409 g/mol. The smallest absolute Gasteiger partial charge is 0.325 e. The lowest BCUT2D eigenvalue weighted by atomic mass is 10.1. The molecule has 4 amide bonds. The summed E-state index contributed by atoms with van der Waals surface area (Å²) < 4.78 is 5.11. The topological polar surface area (TPSA) is 87.7 Å². The summed E-state index contributed by atoms with van der Waals surface area (Å²) in [5.41, 5.74) is 2.02. The quantitative estimate of drug-likeness (QED) is 0.624. The minimum Gasteiger partial charge on any atom is -0.497 e. The highest BCUT2D eigenvalue weighted by atomic mass is 16.5. The first-order valence-electron chi connectivity index (χ1n) is 10.0. The number of benzene rings is 2. The summed E-state index contributed by atoms with van der Waals surface area (Å²) in [6.07, 6.45) is 1.58. The van der Waals surface area contributed by atoms with Crippen LogP contribution in [-0.4, -0.2) is 41.9 Å². The lowest BCUT2D eigenvalue weighted by Crippen LogP contribution is -2.39. The van der Waals surface area contributed by atoms with Crippen molar-refractivity contribution in [1.29, 1.82) is 0 Å². The van der Waals surface area contributed by atoms with Crippen LogP contribution in [0, 0.1) is 0 Å². The second-order valence-corrected chi connectivity index (χ2v) is 7.47. The molecule has 158 valence electrons. The van der Waals surface area contributed by atoms with Crippen molar-refractivity contribution < 1.29 is 19.1 Å². The molecule has 1 heterocycles. The third-order valence-electron chi connectivity index (χ3n) is 5.11. The highest BCUT2D eigenvalue weighted by Crippen LogP contribution is 2.17. The molecule has 2 aromatic rings. The highest BCUT2D eigenvalue weighted by molar-refractivity contribution is 6.05. The van der Waals surface area contributed by atoms with Crippen LogP contribution in [0.25, 0.3) is 0 Å². The van der Waals surface area contributed by atoms with Crippen LogP contribution in [0.2, 0.25) is 0 Å². The van der Waals surface area contributed by atoms with E-state index < -0.39 is 12.1 Å². The van der Waals surface area contributed by atoms with Crippen molar-refractivity contribution in [3.63, 3.8) is 0 Å². The molecule has 0 spiro atoms. The molecule has 30 heavy (non-hydrogen) atoms. The Labute approximate surface area is 176 Å². The van der Waals surface area contributed by atoms with Crippen LogP contribution in [0.1, 0.15) is 30.9 Å². The van der Waals surface area contributed by atoms with Crippen molar-refractivity contribution in [2.45, 2.75) is 44.8 Å². The van der Waals surface area contributed by atoms with Gasteiger partial charge in [-0.3, -0.25) is 14.5 Å². The summed E-state index contributed by atoms with van der Waals surface area (Å²) in [6.45, 7) is 2.09. The van der Waals surface area contributed by atoms with E-state index in [2.05, 4.69) is 22.8 Å². The molecule has 7 nitrogen and oxygen atoms in total. The lowest BCUT2D eigenvalue weighted by molar-refractivity contribution is -0.131. The van der Waals surface area contributed by atoms with Crippen molar-refractivity contribution in [1.82, 2.24) is 15.5 Å². The molecule has 0 saturated carbocycles. The summed E-state index contributed by atoms with van der Waals surface area (Å²) in [5.74, 6) is 0.0651. The van der Waals surface area contributed by atoms with Crippen molar-refractivity contribution in [2.24, 2.45) is 0 Å². The van der Waals surface area contributed by atoms with Crippen LogP contribution in [0.15, 0.2) is 54.6 Å². The SMILES string of the molecule is COc1ccc(CN2C(=O)NC(CC(=O)NC(C)CCc3ccccc3)C2=O)cc1. The van der Waals surface area contributed by atoms with E-state index in [1.165, 1.54) is 5.56 Å². The highest BCUT2D eigenvalue weighted by Gasteiger charge is 2.39. The van der Waals surface area contributed by atoms with Gasteiger partial charge in [0.2, 0.25) is 5.91 Å². The van der Waals surface area contributed by atoms with Gasteiger partial charge in [0, 0.05) is 6.04 Å². The number of nitrogens with one attached hydrogen (secondary N) is 2. The molecule has 0 aliphatic carbocycles. The Morgan fingerprint density at radius 1 is 1.10 bits per heavy atom. The van der Waals surface area contributed by atoms with Gasteiger partial charge < -0.3 is 15.4 Å². The number of amides is 4. The third kappa shape index (κ3) is 5.59. The van der Waals surface area contributed by atoms with E-state index in [0.717, 1.165) is 23.3 Å². The van der Waals surface area contributed by atoms with E-state index >= 15 is 0 Å². The molecule has 2 unspecified atom stereocenters. The molecule has 2 N–H and O–H groups in total. The number of carbonyl (C=O) groups excluding carboxylic acids is 3. The van der Waals surface area contributed by atoms with Gasteiger partial charge in [0.1, 0.15) is 11.8 Å². The maximum absolute atomic E-state index is 12.6. The number of methoxy groups -OCH3 is 1. The van der Waals surface area contributed by atoms with Gasteiger partial charge in [-0.15, -0.1) is 0 Å². The van der Waals surface area contributed by atoms with Crippen LogP contribution < -0.4 is 15.4 Å². The van der Waals surface area contributed by atoms with Gasteiger partial charge in [-0.25, -0.2) is 4.79 Å². The first-order valence-corrected chi connectivity index (χ1v) is 10.0. The number of imide groups is 1. The van der Waals surface area contributed by atoms with Crippen molar-refractivity contribution in [3.05, 3.63) is 65.7 Å². The van der Waals surface area contributed by atoms with Gasteiger partial charge in [-0.1, -0.05) is 42.5 Å². The summed E-state index contributed by atoms with van der Waals surface area (Å²) in [7, 11) is 1.57. The summed E-state index contributed by atoms with van der Waals surface area (Å²) in [4.78, 5) is 38.3. The molecule has 1 aliphatic rings. The van der Waals surface area contributed by atoms with Crippen LogP contribution in [0.3, 0.4) is 0 Å². The minimum absolute atomic E-state index is 0.0275. The van der Waals surface area contributed by atoms with Gasteiger partial charge in [0.05, 0.1) is 20.1 Å². The zero-order valence-corrected chi connectivity index (χ0v) is 17.3. The van der Waals surface area contributed by atoms with Gasteiger partial charge in [0.15, 0.2) is 0 Å². The number of rotatable bonds is 9. The molecular weight excluding hydrogens is 382 g/mol. The fraction of sp³-hybridized carbons (Fsp3) is 0.348. The average molecular weight is 409 g/mol. The molecule has 2 atom stereocenters. The molecular formula is C23H27N3O4. The molecule has 3 rings (SSSR count). The van der Waals surface area contributed by atoms with Crippen molar-refractivity contribution >= 4 is 17.8 Å². The Balaban J connectivity index is 1.48. The minimum atomic E-state index is -0.836. The van der Waals surface area contributed by atoms with Crippen molar-refractivity contribution in [3.8, 4) is 5.75 Å². The van der Waals surface area contributed by atoms with Crippen LogP contribution in [0.5, 0.6) is 5.75 Å². The fourth-order valence-corrected chi connectivity index (χ4v) is 3.40. The number of urea groups is 1.